The van der Waals surface area contributed by atoms with Gasteiger partial charge in [0.25, 0.3) is 0 Å². The van der Waals surface area contributed by atoms with Gasteiger partial charge in [0.15, 0.2) is 6.29 Å². The molecule has 0 saturated carbocycles. The predicted molar refractivity (Wildman–Crippen MR) is 89.0 cm³/mol. The Morgan fingerprint density at radius 3 is 2.48 bits per heavy atom. The Kier molecular flexibility index (Phi) is 6.19. The highest BCUT2D eigenvalue weighted by atomic mass is 16.7. The Hall–Kier alpha value is -1.39. The summed E-state index contributed by atoms with van der Waals surface area (Å²) in [5.74, 6) is -0.207. The summed E-state index contributed by atoms with van der Waals surface area (Å²) in [5, 5.41) is 0. The lowest BCUT2D eigenvalue weighted by Crippen LogP contribution is -2.52. The van der Waals surface area contributed by atoms with Crippen LogP contribution < -0.4 is 0 Å². The Balaban J connectivity index is 2.01. The van der Waals surface area contributed by atoms with E-state index in [2.05, 4.69) is 38.1 Å². The van der Waals surface area contributed by atoms with E-state index in [1.165, 1.54) is 5.56 Å². The van der Waals surface area contributed by atoms with Crippen LogP contribution >= 0.6 is 0 Å². The third-order valence-electron chi connectivity index (χ3n) is 4.57. The zero-order valence-corrected chi connectivity index (χ0v) is 14.6. The molecule has 1 aliphatic heterocycles. The van der Waals surface area contributed by atoms with Crippen molar-refractivity contribution in [2.75, 3.05) is 6.61 Å². The standard InChI is InChI=1S/C19H28O4/c1-5-21-18(20)13-17-19(3,4)16(22-14(2)23-17)12-11-15-9-7-6-8-10-15/h6-10,14,16-17H,5,11-13H2,1-4H3/t14-,16-,17+/m1/s1. The number of benzene rings is 1. The smallest absolute Gasteiger partial charge is 0.308 e. The second-order valence-electron chi connectivity index (χ2n) is 6.67. The Morgan fingerprint density at radius 1 is 1.17 bits per heavy atom. The van der Waals surface area contributed by atoms with Crippen molar-refractivity contribution in [3.63, 3.8) is 0 Å². The van der Waals surface area contributed by atoms with Crippen molar-refractivity contribution in [3.05, 3.63) is 35.9 Å². The van der Waals surface area contributed by atoms with Gasteiger partial charge in [-0.05, 0) is 32.3 Å². The molecule has 1 heterocycles. The molecule has 0 N–H and O–H groups in total. The fraction of sp³-hybridized carbons (Fsp3) is 0.632. The lowest BCUT2D eigenvalue weighted by Gasteiger charge is -2.47. The van der Waals surface area contributed by atoms with Gasteiger partial charge in [0, 0.05) is 5.41 Å². The Morgan fingerprint density at radius 2 is 1.83 bits per heavy atom. The van der Waals surface area contributed by atoms with Gasteiger partial charge in [-0.15, -0.1) is 0 Å². The van der Waals surface area contributed by atoms with Crippen molar-refractivity contribution in [2.45, 2.75) is 65.5 Å². The van der Waals surface area contributed by atoms with Crippen LogP contribution in [-0.4, -0.2) is 31.1 Å². The highest BCUT2D eigenvalue weighted by Gasteiger charge is 2.45. The van der Waals surface area contributed by atoms with E-state index >= 15 is 0 Å². The first-order valence-electron chi connectivity index (χ1n) is 8.44. The first-order chi connectivity index (χ1) is 10.9. The van der Waals surface area contributed by atoms with Gasteiger partial charge < -0.3 is 14.2 Å². The van der Waals surface area contributed by atoms with E-state index in [4.69, 9.17) is 14.2 Å². The molecule has 4 heteroatoms. The lowest BCUT2D eigenvalue weighted by molar-refractivity contribution is -0.288. The van der Waals surface area contributed by atoms with Crippen molar-refractivity contribution in [2.24, 2.45) is 5.41 Å². The summed E-state index contributed by atoms with van der Waals surface area (Å²) in [7, 11) is 0. The molecular formula is C19H28O4. The molecule has 1 fully saturated rings. The topological polar surface area (TPSA) is 44.8 Å². The average molecular weight is 320 g/mol. The summed E-state index contributed by atoms with van der Waals surface area (Å²) in [6.07, 6.45) is 1.69. The van der Waals surface area contributed by atoms with Gasteiger partial charge in [0.05, 0.1) is 25.2 Å². The number of esters is 1. The quantitative estimate of drug-likeness (QED) is 0.749. The van der Waals surface area contributed by atoms with E-state index in [1.807, 2.05) is 19.9 Å². The molecule has 23 heavy (non-hydrogen) atoms. The van der Waals surface area contributed by atoms with Crippen LogP contribution in [0.15, 0.2) is 30.3 Å². The van der Waals surface area contributed by atoms with Gasteiger partial charge in [0.2, 0.25) is 0 Å². The van der Waals surface area contributed by atoms with Gasteiger partial charge in [-0.1, -0.05) is 44.2 Å². The molecular weight excluding hydrogens is 292 g/mol. The second kappa shape index (κ2) is 7.93. The van der Waals surface area contributed by atoms with Crippen LogP contribution in [0.25, 0.3) is 0 Å². The van der Waals surface area contributed by atoms with Crippen molar-refractivity contribution in [3.8, 4) is 0 Å². The predicted octanol–water partition coefficient (Wildman–Crippen LogP) is 3.73. The average Bonchev–Trinajstić information content (AvgIpc) is 2.50. The fourth-order valence-corrected chi connectivity index (χ4v) is 3.12. The van der Waals surface area contributed by atoms with Crippen molar-refractivity contribution < 1.29 is 19.0 Å². The van der Waals surface area contributed by atoms with Gasteiger partial charge >= 0.3 is 5.97 Å². The third-order valence-corrected chi connectivity index (χ3v) is 4.57. The summed E-state index contributed by atoms with van der Waals surface area (Å²) < 4.78 is 17.0. The summed E-state index contributed by atoms with van der Waals surface area (Å²) in [4.78, 5) is 11.8. The first kappa shape index (κ1) is 18.0. The van der Waals surface area contributed by atoms with Crippen molar-refractivity contribution in [1.29, 1.82) is 0 Å². The maximum absolute atomic E-state index is 11.8. The number of aryl methyl sites for hydroxylation is 1. The van der Waals surface area contributed by atoms with Crippen LogP contribution in [0.4, 0.5) is 0 Å². The molecule has 0 amide bonds. The minimum Gasteiger partial charge on any atom is -0.466 e. The zero-order chi connectivity index (χ0) is 16.9. The Bertz CT molecular complexity index is 497. The SMILES string of the molecule is CCOC(=O)C[C@@H]1O[C@H](C)O[C@H](CCc2ccccc2)C1(C)C. The normalized spacial score (nSPS) is 26.7. The molecule has 3 atom stereocenters. The summed E-state index contributed by atoms with van der Waals surface area (Å²) in [6, 6.07) is 10.4. The van der Waals surface area contributed by atoms with E-state index in [-0.39, 0.29) is 36.3 Å². The van der Waals surface area contributed by atoms with E-state index < -0.39 is 0 Å². The highest BCUT2D eigenvalue weighted by molar-refractivity contribution is 5.70. The van der Waals surface area contributed by atoms with Crippen LogP contribution in [0.5, 0.6) is 0 Å². The number of carbonyl (C=O) groups is 1. The molecule has 4 nitrogen and oxygen atoms in total. The number of hydrogen-bond donors (Lipinski definition) is 0. The second-order valence-corrected chi connectivity index (χ2v) is 6.67. The molecule has 1 aliphatic rings. The minimum atomic E-state index is -0.303. The number of rotatable bonds is 6. The minimum absolute atomic E-state index is 0.0471. The van der Waals surface area contributed by atoms with E-state index in [9.17, 15) is 4.79 Å². The van der Waals surface area contributed by atoms with E-state index in [0.717, 1.165) is 12.8 Å². The number of ether oxygens (including phenoxy) is 3. The molecule has 1 aromatic carbocycles. The van der Waals surface area contributed by atoms with Gasteiger partial charge in [-0.25, -0.2) is 0 Å². The molecule has 1 aromatic rings. The van der Waals surface area contributed by atoms with Gasteiger partial charge in [-0.3, -0.25) is 4.79 Å². The molecule has 0 radical (unpaired) electrons. The summed E-state index contributed by atoms with van der Waals surface area (Å²) in [6.45, 7) is 8.33. The van der Waals surface area contributed by atoms with Crippen LogP contribution in [0.3, 0.4) is 0 Å². The largest absolute Gasteiger partial charge is 0.466 e. The molecule has 2 rings (SSSR count). The van der Waals surface area contributed by atoms with Crippen LogP contribution in [0, 0.1) is 5.41 Å². The number of carbonyl (C=O) groups excluding carboxylic acids is 1. The number of hydrogen-bond acceptors (Lipinski definition) is 4. The highest BCUT2D eigenvalue weighted by Crippen LogP contribution is 2.39. The molecule has 0 spiro atoms. The monoisotopic (exact) mass is 320 g/mol. The van der Waals surface area contributed by atoms with Gasteiger partial charge in [0.1, 0.15) is 0 Å². The van der Waals surface area contributed by atoms with Crippen molar-refractivity contribution >= 4 is 5.97 Å². The zero-order valence-electron chi connectivity index (χ0n) is 14.6. The van der Waals surface area contributed by atoms with E-state index in [0.29, 0.717) is 6.61 Å². The fourth-order valence-electron chi connectivity index (χ4n) is 3.12. The molecule has 0 bridgehead atoms. The van der Waals surface area contributed by atoms with Crippen LogP contribution in [-0.2, 0) is 25.4 Å². The van der Waals surface area contributed by atoms with Crippen LogP contribution in [0.2, 0.25) is 0 Å². The van der Waals surface area contributed by atoms with Crippen LogP contribution in [0.1, 0.15) is 46.1 Å². The molecule has 0 aliphatic carbocycles. The van der Waals surface area contributed by atoms with Crippen molar-refractivity contribution in [1.82, 2.24) is 0 Å². The molecule has 1 saturated heterocycles. The molecule has 0 unspecified atom stereocenters. The first-order valence-corrected chi connectivity index (χ1v) is 8.44. The lowest BCUT2D eigenvalue weighted by atomic mass is 9.76. The third kappa shape index (κ3) is 4.79. The summed E-state index contributed by atoms with van der Waals surface area (Å²) in [5.41, 5.74) is 1.06. The molecule has 128 valence electrons. The molecule has 0 aromatic heterocycles. The maximum Gasteiger partial charge on any atom is 0.308 e. The Labute approximate surface area is 139 Å². The van der Waals surface area contributed by atoms with Gasteiger partial charge in [-0.2, -0.15) is 0 Å². The maximum atomic E-state index is 11.8. The van der Waals surface area contributed by atoms with E-state index in [1.54, 1.807) is 0 Å². The summed E-state index contributed by atoms with van der Waals surface area (Å²) >= 11 is 0.